The Morgan fingerprint density at radius 1 is 0.920 bits per heavy atom. The molecule has 0 spiro atoms. The first-order chi connectivity index (χ1) is 23.8. The molecule has 50 heavy (non-hydrogen) atoms. The van der Waals surface area contributed by atoms with Crippen LogP contribution in [0.3, 0.4) is 0 Å². The third kappa shape index (κ3) is 17.6. The number of carbonyl (C=O) groups is 1. The van der Waals surface area contributed by atoms with Gasteiger partial charge in [-0.3, -0.25) is 27.9 Å². The molecular weight excluding hydrogens is 705 g/mol. The summed E-state index contributed by atoms with van der Waals surface area (Å²) < 4.78 is 64.1. The Balaban J connectivity index is 1.69. The first-order valence-electron chi connectivity index (χ1n) is 17.5. The molecule has 2 heterocycles. The van der Waals surface area contributed by atoms with Gasteiger partial charge in [0.1, 0.15) is 18.4 Å². The van der Waals surface area contributed by atoms with Gasteiger partial charge in [0.15, 0.2) is 0 Å². The molecule has 19 heteroatoms. The highest BCUT2D eigenvalue weighted by molar-refractivity contribution is 7.70. The number of aromatic nitrogens is 2. The minimum absolute atomic E-state index is 0.142. The summed E-state index contributed by atoms with van der Waals surface area (Å²) in [6.45, 7) is 0.248. The van der Waals surface area contributed by atoms with Crippen molar-refractivity contribution in [1.29, 1.82) is 0 Å². The van der Waals surface area contributed by atoms with Crippen LogP contribution in [0.15, 0.2) is 15.8 Å². The average Bonchev–Trinajstić information content (AvgIpc) is 3.43. The van der Waals surface area contributed by atoms with Crippen molar-refractivity contribution in [3.8, 4) is 0 Å². The molecule has 6 atom stereocenters. The third-order valence-corrected chi connectivity index (χ3v) is 10.2. The molecule has 0 saturated carbocycles. The topological polar surface area (TPSA) is 233 Å². The molecule has 1 aliphatic heterocycles. The molecule has 1 aliphatic rings. The number of H-pyrrole nitrogens is 1. The van der Waals surface area contributed by atoms with E-state index in [0.717, 1.165) is 25.7 Å². The number of rotatable bonds is 29. The lowest BCUT2D eigenvalue weighted by molar-refractivity contribution is -0.0514. The van der Waals surface area contributed by atoms with Crippen molar-refractivity contribution in [3.05, 3.63) is 32.9 Å². The number of aromatic amines is 1. The number of unbranched alkanes of at least 4 members (excludes halogenated alkanes) is 15. The highest BCUT2D eigenvalue weighted by Crippen LogP contribution is 2.45. The Labute approximate surface area is 291 Å². The van der Waals surface area contributed by atoms with Crippen molar-refractivity contribution in [1.82, 2.24) is 9.55 Å². The van der Waals surface area contributed by atoms with E-state index in [1.54, 1.807) is 4.98 Å². The molecule has 0 aliphatic carbocycles. The lowest BCUT2D eigenvalue weighted by atomic mass is 10.0. The molecule has 0 aromatic carbocycles. The van der Waals surface area contributed by atoms with Crippen LogP contribution in [0.4, 0.5) is 9.18 Å². The van der Waals surface area contributed by atoms with Crippen molar-refractivity contribution in [3.63, 3.8) is 0 Å². The van der Waals surface area contributed by atoms with Gasteiger partial charge in [0.25, 0.3) is 5.56 Å². The fraction of sp³-hybridized carbons (Fsp3) is 0.839. The maximum absolute atomic E-state index is 13.7. The van der Waals surface area contributed by atoms with Crippen molar-refractivity contribution in [2.75, 3.05) is 26.4 Å². The average molecular weight is 761 g/mol. The fourth-order valence-electron chi connectivity index (χ4n) is 5.38. The van der Waals surface area contributed by atoms with Gasteiger partial charge < -0.3 is 29.5 Å². The molecule has 2 rings (SSSR count). The second-order valence-corrected chi connectivity index (χ2v) is 15.7. The largest absolute Gasteiger partial charge is 0.472 e. The van der Waals surface area contributed by atoms with E-state index >= 15 is 0 Å². The minimum atomic E-state index is -5.03. The molecule has 6 unspecified atom stereocenters. The van der Waals surface area contributed by atoms with Gasteiger partial charge in [-0.1, -0.05) is 103 Å². The molecule has 16 nitrogen and oxygen atoms in total. The lowest BCUT2D eigenvalue weighted by Crippen LogP contribution is -2.34. The number of nitrogens with zero attached hydrogens (tertiary/aromatic N) is 1. The number of carboxylic acid groups (broad SMARTS) is 1. The molecule has 1 aromatic heterocycles. The van der Waals surface area contributed by atoms with E-state index in [2.05, 4.69) is 11.4 Å². The van der Waals surface area contributed by atoms with Crippen molar-refractivity contribution in [2.24, 2.45) is 0 Å². The van der Waals surface area contributed by atoms with E-state index in [0.29, 0.717) is 17.2 Å². The summed E-state index contributed by atoms with van der Waals surface area (Å²) in [6.07, 6.45) is 14.3. The predicted octanol–water partition coefficient (Wildman–Crippen LogP) is 5.98. The second kappa shape index (κ2) is 23.7. The number of aliphatic hydroxyl groups excluding tert-OH is 1. The first-order valence-corrected chi connectivity index (χ1v) is 20.6. The zero-order valence-corrected chi connectivity index (χ0v) is 30.6. The maximum Gasteiger partial charge on any atom is 0.472 e. The van der Waals surface area contributed by atoms with E-state index in [4.69, 9.17) is 23.6 Å². The van der Waals surface area contributed by atoms with Crippen LogP contribution in [-0.2, 0) is 32.2 Å². The molecule has 1 aromatic rings. The maximum atomic E-state index is 13.7. The van der Waals surface area contributed by atoms with Crippen LogP contribution in [0, 0.1) is 5.82 Å². The van der Waals surface area contributed by atoms with Crippen LogP contribution >= 0.6 is 15.4 Å². The smallest absolute Gasteiger partial charge is 0.472 e. The Kier molecular flexibility index (Phi) is 21.0. The summed E-state index contributed by atoms with van der Waals surface area (Å²) >= 11 is 0. The number of aliphatic hydroxyl groups is 1. The molecule has 1 fully saturated rings. The van der Waals surface area contributed by atoms with Gasteiger partial charge >= 0.3 is 26.8 Å². The summed E-state index contributed by atoms with van der Waals surface area (Å²) in [5.41, 5.74) is -4.30. The summed E-state index contributed by atoms with van der Waals surface area (Å²) in [5.74, 6) is -1.26. The first kappa shape index (κ1) is 44.4. The van der Waals surface area contributed by atoms with Gasteiger partial charge in [-0.2, -0.15) is 4.39 Å². The SMILES string of the molecule is CCCCCCCCCCCCCCCCCCOC(COP(=O)(O)OCC1OC(n2cc(F)c(=O)[nH]c2=O)CC1O)COP(=O)(O)C(=O)O. The highest BCUT2D eigenvalue weighted by atomic mass is 31.2. The normalized spacial score (nSPS) is 20.8. The predicted molar refractivity (Wildman–Crippen MR) is 181 cm³/mol. The van der Waals surface area contributed by atoms with Crippen molar-refractivity contribution < 1.29 is 61.4 Å². The number of phosphoric ester groups is 1. The standard InChI is InChI=1S/C31H55FN2O14P2/c1-2-3-4-5-6-7-8-9-10-11-12-13-14-15-16-17-18-44-24(21-45-49(40,41)31(38)39)22-46-50(42,43)47-23-27-26(35)19-28(48-27)34-20-25(32)29(36)33-30(34)37/h20,24,26-28,35H,2-19,21-23H2,1H3,(H,38,39)(H,40,41)(H,42,43)(H,33,36,37). The Bertz CT molecular complexity index is 1340. The number of ether oxygens (including phenoxy) is 2. The number of hydrogen-bond acceptors (Lipinski definition) is 11. The molecular formula is C31H55FN2O14P2. The molecule has 5 N–H and O–H groups in total. The Morgan fingerprint density at radius 3 is 1.98 bits per heavy atom. The van der Waals surface area contributed by atoms with E-state index in [9.17, 15) is 42.8 Å². The highest BCUT2D eigenvalue weighted by Gasteiger charge is 2.38. The van der Waals surface area contributed by atoms with Gasteiger partial charge in [0.05, 0.1) is 32.1 Å². The molecule has 290 valence electrons. The van der Waals surface area contributed by atoms with E-state index in [1.165, 1.54) is 70.6 Å². The van der Waals surface area contributed by atoms with Crippen molar-refractivity contribution in [2.45, 2.75) is 141 Å². The molecule has 1 saturated heterocycles. The summed E-state index contributed by atoms with van der Waals surface area (Å²) in [5, 5.41) is 19.2. The number of nitrogens with one attached hydrogen (secondary N) is 1. The molecule has 0 bridgehead atoms. The van der Waals surface area contributed by atoms with Gasteiger partial charge in [0, 0.05) is 13.0 Å². The minimum Gasteiger partial charge on any atom is -0.472 e. The van der Waals surface area contributed by atoms with Crippen molar-refractivity contribution >= 4 is 21.1 Å². The Morgan fingerprint density at radius 2 is 1.44 bits per heavy atom. The Hall–Kier alpha value is -1.78. The summed E-state index contributed by atoms with van der Waals surface area (Å²) in [4.78, 5) is 55.7. The van der Waals surface area contributed by atoms with Gasteiger partial charge in [-0.05, 0) is 6.42 Å². The van der Waals surface area contributed by atoms with Crippen LogP contribution in [0.5, 0.6) is 0 Å². The van der Waals surface area contributed by atoms with Gasteiger partial charge in [-0.15, -0.1) is 0 Å². The number of phosphoric acid groups is 1. The quantitative estimate of drug-likeness (QED) is 0.0467. The molecule has 0 amide bonds. The fourth-order valence-corrected chi connectivity index (χ4v) is 6.62. The summed E-state index contributed by atoms with van der Waals surface area (Å²) in [7, 11) is -9.88. The molecule has 0 radical (unpaired) electrons. The number of hydrogen-bond donors (Lipinski definition) is 5. The zero-order valence-electron chi connectivity index (χ0n) is 28.8. The number of halogens is 1. The van der Waals surface area contributed by atoms with Crippen LogP contribution in [0.1, 0.15) is 122 Å². The van der Waals surface area contributed by atoms with E-state index < -0.39 is 82.6 Å². The zero-order chi connectivity index (χ0) is 37.0. The lowest BCUT2D eigenvalue weighted by Gasteiger charge is -2.21. The second-order valence-electron chi connectivity index (χ2n) is 12.5. The van der Waals surface area contributed by atoms with Crippen LogP contribution in [0.25, 0.3) is 0 Å². The summed E-state index contributed by atoms with van der Waals surface area (Å²) in [6, 6.07) is 0. The van der Waals surface area contributed by atoms with Crippen LogP contribution in [0.2, 0.25) is 0 Å². The van der Waals surface area contributed by atoms with Gasteiger partial charge in [0.2, 0.25) is 5.82 Å². The monoisotopic (exact) mass is 760 g/mol. The van der Waals surface area contributed by atoms with E-state index in [1.807, 2.05) is 0 Å². The van der Waals surface area contributed by atoms with E-state index in [-0.39, 0.29) is 13.0 Å². The third-order valence-electron chi connectivity index (χ3n) is 8.29. The van der Waals surface area contributed by atoms with Gasteiger partial charge in [-0.25, -0.2) is 18.7 Å². The van der Waals surface area contributed by atoms with Crippen LogP contribution < -0.4 is 11.2 Å². The van der Waals surface area contributed by atoms with Crippen LogP contribution in [-0.4, -0.2) is 80.0 Å².